The summed E-state index contributed by atoms with van der Waals surface area (Å²) >= 11 is 0. The number of fused-ring (bicyclic) bond motifs is 1. The van der Waals surface area contributed by atoms with Gasteiger partial charge in [0.05, 0.1) is 0 Å². The van der Waals surface area contributed by atoms with E-state index in [1.165, 1.54) is 22.7 Å². The van der Waals surface area contributed by atoms with Crippen LogP contribution in [0.4, 0.5) is 4.39 Å². The summed E-state index contributed by atoms with van der Waals surface area (Å²) in [5.74, 6) is 0.359. The Hall–Kier alpha value is -3.63. The molecule has 8 nitrogen and oxygen atoms in total. The second kappa shape index (κ2) is 9.25. The van der Waals surface area contributed by atoms with E-state index in [1.807, 2.05) is 31.2 Å². The van der Waals surface area contributed by atoms with Gasteiger partial charge < -0.3 is 4.74 Å². The van der Waals surface area contributed by atoms with Crippen LogP contribution in [0, 0.1) is 12.7 Å². The van der Waals surface area contributed by atoms with Crippen LogP contribution in [-0.2, 0) is 10.0 Å². The van der Waals surface area contributed by atoms with Gasteiger partial charge in [-0.25, -0.2) is 17.5 Å². The van der Waals surface area contributed by atoms with Crippen LogP contribution in [0.2, 0.25) is 0 Å². The number of halogens is 1. The summed E-state index contributed by atoms with van der Waals surface area (Å²) in [6.07, 6.45) is 1.53. The lowest BCUT2D eigenvalue weighted by Gasteiger charge is -2.07. The fourth-order valence-electron chi connectivity index (χ4n) is 2.86. The molecule has 0 bridgehead atoms. The normalized spacial score (nSPS) is 11.9. The van der Waals surface area contributed by atoms with E-state index in [-0.39, 0.29) is 24.8 Å². The molecule has 1 N–H and O–H groups in total. The Morgan fingerprint density at radius 2 is 1.78 bits per heavy atom. The van der Waals surface area contributed by atoms with E-state index in [4.69, 9.17) is 4.74 Å². The van der Waals surface area contributed by atoms with Crippen LogP contribution < -0.4 is 9.46 Å². The summed E-state index contributed by atoms with van der Waals surface area (Å²) in [7, 11) is -3.60. The molecule has 0 fully saturated rings. The Morgan fingerprint density at radius 3 is 2.53 bits per heavy atom. The van der Waals surface area contributed by atoms with Crippen molar-refractivity contribution in [3.63, 3.8) is 0 Å². The third-order valence-electron chi connectivity index (χ3n) is 4.51. The molecular weight excluding hydrogens is 433 g/mol. The first kappa shape index (κ1) is 21.6. The summed E-state index contributed by atoms with van der Waals surface area (Å²) in [5, 5.41) is 13.6. The molecule has 4 rings (SSSR count). The van der Waals surface area contributed by atoms with E-state index in [2.05, 4.69) is 20.0 Å². The number of nitrogens with zero attached hydrogens (tertiary/aromatic N) is 4. The highest BCUT2D eigenvalue weighted by atomic mass is 32.2. The van der Waals surface area contributed by atoms with Crippen molar-refractivity contribution in [1.29, 1.82) is 0 Å². The van der Waals surface area contributed by atoms with Gasteiger partial charge in [0.15, 0.2) is 11.5 Å². The van der Waals surface area contributed by atoms with Gasteiger partial charge in [0.2, 0.25) is 15.9 Å². The summed E-state index contributed by atoms with van der Waals surface area (Å²) in [5.41, 5.74) is 3.04. The van der Waals surface area contributed by atoms with Crippen molar-refractivity contribution in [2.45, 2.75) is 6.92 Å². The number of hydrogen-bond donors (Lipinski definition) is 1. The number of aromatic nitrogens is 4. The summed E-state index contributed by atoms with van der Waals surface area (Å²) in [4.78, 5) is 0. The van der Waals surface area contributed by atoms with E-state index in [1.54, 1.807) is 24.3 Å². The van der Waals surface area contributed by atoms with Crippen LogP contribution in [0.15, 0.2) is 66.1 Å². The van der Waals surface area contributed by atoms with Crippen LogP contribution in [0.3, 0.4) is 0 Å². The lowest BCUT2D eigenvalue weighted by atomic mass is 10.2. The molecule has 0 spiro atoms. The van der Waals surface area contributed by atoms with E-state index in [0.29, 0.717) is 17.0 Å². The smallest absolute Gasteiger partial charge is 0.233 e. The van der Waals surface area contributed by atoms with Gasteiger partial charge in [-0.1, -0.05) is 29.8 Å². The first-order chi connectivity index (χ1) is 15.4. The van der Waals surface area contributed by atoms with Crippen molar-refractivity contribution in [2.75, 3.05) is 13.2 Å². The molecule has 2 aromatic heterocycles. The van der Waals surface area contributed by atoms with Crippen LogP contribution in [0.1, 0.15) is 11.1 Å². The zero-order valence-electron chi connectivity index (χ0n) is 17.1. The lowest BCUT2D eigenvalue weighted by Crippen LogP contribution is -2.26. The SMILES string of the molecule is Cc1ccc(C=CS(=O)(=O)NCCOc2ccc3nnc(-c4ccc(F)cc4)n3n2)cc1. The molecule has 10 heteroatoms. The zero-order valence-corrected chi connectivity index (χ0v) is 18.0. The van der Waals surface area contributed by atoms with Gasteiger partial charge in [-0.05, 0) is 48.9 Å². The molecular formula is C22H20FN5O3S. The maximum absolute atomic E-state index is 13.2. The maximum atomic E-state index is 13.2. The monoisotopic (exact) mass is 453 g/mol. The van der Waals surface area contributed by atoms with Crippen LogP contribution in [0.25, 0.3) is 23.1 Å². The minimum Gasteiger partial charge on any atom is -0.475 e. The van der Waals surface area contributed by atoms with Crippen LogP contribution in [-0.4, -0.2) is 41.4 Å². The van der Waals surface area contributed by atoms with Gasteiger partial charge in [-0.2, -0.15) is 4.52 Å². The largest absolute Gasteiger partial charge is 0.475 e. The van der Waals surface area contributed by atoms with E-state index in [9.17, 15) is 12.8 Å². The number of hydrogen-bond acceptors (Lipinski definition) is 6. The van der Waals surface area contributed by atoms with Crippen molar-refractivity contribution in [3.8, 4) is 17.3 Å². The predicted octanol–water partition coefficient (Wildman–Crippen LogP) is 3.21. The third kappa shape index (κ3) is 5.34. The van der Waals surface area contributed by atoms with Crippen molar-refractivity contribution in [2.24, 2.45) is 0 Å². The first-order valence-electron chi connectivity index (χ1n) is 9.75. The Bertz CT molecular complexity index is 1350. The zero-order chi connectivity index (χ0) is 22.6. The van der Waals surface area contributed by atoms with E-state index < -0.39 is 10.0 Å². The maximum Gasteiger partial charge on any atom is 0.233 e. The predicted molar refractivity (Wildman–Crippen MR) is 119 cm³/mol. The number of ether oxygens (including phenoxy) is 1. The summed E-state index contributed by atoms with van der Waals surface area (Å²) in [6, 6.07) is 16.6. The number of aryl methyl sites for hydroxylation is 1. The van der Waals surface area contributed by atoms with Crippen LogP contribution in [0.5, 0.6) is 5.88 Å². The number of nitrogens with one attached hydrogen (secondary N) is 1. The first-order valence-corrected chi connectivity index (χ1v) is 11.3. The molecule has 0 aliphatic rings. The quantitative estimate of drug-likeness (QED) is 0.412. The standard InChI is InChI=1S/C22H20FN5O3S/c1-16-2-4-17(5-3-16)12-15-32(29,30)24-13-14-31-21-11-10-20-25-26-22(28(20)27-21)18-6-8-19(23)9-7-18/h2-12,15,24H,13-14H2,1H3. The average Bonchev–Trinajstić information content (AvgIpc) is 3.20. The topological polar surface area (TPSA) is 98.5 Å². The summed E-state index contributed by atoms with van der Waals surface area (Å²) < 4.78 is 46.9. The minimum atomic E-state index is -3.60. The fourth-order valence-corrected chi connectivity index (χ4v) is 3.66. The van der Waals surface area contributed by atoms with Gasteiger partial charge >= 0.3 is 0 Å². The Labute approximate surface area is 184 Å². The van der Waals surface area contributed by atoms with Gasteiger partial charge in [0.25, 0.3) is 0 Å². The molecule has 0 aliphatic carbocycles. The second-order valence-corrected chi connectivity index (χ2v) is 8.62. The highest BCUT2D eigenvalue weighted by Gasteiger charge is 2.11. The molecule has 2 heterocycles. The second-order valence-electron chi connectivity index (χ2n) is 6.97. The summed E-state index contributed by atoms with van der Waals surface area (Å²) in [6.45, 7) is 2.10. The van der Waals surface area contributed by atoms with Crippen molar-refractivity contribution < 1.29 is 17.5 Å². The van der Waals surface area contributed by atoms with E-state index in [0.717, 1.165) is 16.5 Å². The molecule has 164 valence electrons. The van der Waals surface area contributed by atoms with Gasteiger partial charge in [0.1, 0.15) is 12.4 Å². The molecule has 0 amide bonds. The Morgan fingerprint density at radius 1 is 1.03 bits per heavy atom. The average molecular weight is 453 g/mol. The fraction of sp³-hybridized carbons (Fsp3) is 0.136. The molecule has 0 aliphatic heterocycles. The number of sulfonamides is 1. The van der Waals surface area contributed by atoms with Gasteiger partial charge in [0, 0.05) is 23.6 Å². The third-order valence-corrected chi connectivity index (χ3v) is 5.61. The van der Waals surface area contributed by atoms with Crippen molar-refractivity contribution in [1.82, 2.24) is 24.5 Å². The van der Waals surface area contributed by atoms with Crippen molar-refractivity contribution in [3.05, 3.63) is 83.0 Å². The molecule has 2 aromatic carbocycles. The van der Waals surface area contributed by atoms with Gasteiger partial charge in [-0.3, -0.25) is 0 Å². The molecule has 0 saturated carbocycles. The Balaban J connectivity index is 1.36. The lowest BCUT2D eigenvalue weighted by molar-refractivity contribution is 0.306. The number of rotatable bonds is 8. The number of benzene rings is 2. The molecule has 0 radical (unpaired) electrons. The van der Waals surface area contributed by atoms with Gasteiger partial charge in [-0.15, -0.1) is 15.3 Å². The minimum absolute atomic E-state index is 0.0628. The van der Waals surface area contributed by atoms with Crippen LogP contribution >= 0.6 is 0 Å². The molecule has 4 aromatic rings. The highest BCUT2D eigenvalue weighted by molar-refractivity contribution is 7.92. The molecule has 32 heavy (non-hydrogen) atoms. The molecule has 0 saturated heterocycles. The molecule has 0 unspecified atom stereocenters. The molecule has 0 atom stereocenters. The Kier molecular flexibility index (Phi) is 6.24. The highest BCUT2D eigenvalue weighted by Crippen LogP contribution is 2.19. The van der Waals surface area contributed by atoms with E-state index >= 15 is 0 Å². The van der Waals surface area contributed by atoms with Crippen molar-refractivity contribution >= 4 is 21.7 Å².